The molecule has 1 unspecified atom stereocenters. The second-order valence-electron chi connectivity index (χ2n) is 7.94. The maximum Gasteiger partial charge on any atom is 0.308 e. The van der Waals surface area contributed by atoms with Gasteiger partial charge in [0.1, 0.15) is 12.7 Å². The number of rotatable bonds is 9. The van der Waals surface area contributed by atoms with E-state index >= 15 is 0 Å². The highest BCUT2D eigenvalue weighted by Gasteiger charge is 2.25. The van der Waals surface area contributed by atoms with Crippen molar-refractivity contribution < 1.29 is 24.1 Å². The standard InChI is InChI=1S/C22H34N2O5S/c1-27-21-13-17(14-23-7-5-18(6-8-23)22(26)28-2)3-4-20(21)29-16-19(25)15-24-9-11-30-12-10-24/h3-4,13,18-19,25H,5-12,14-16H2,1-2H3. The lowest BCUT2D eigenvalue weighted by Gasteiger charge is -2.30. The highest BCUT2D eigenvalue weighted by atomic mass is 32.2. The molecule has 0 aliphatic carbocycles. The Hall–Kier alpha value is -1.48. The summed E-state index contributed by atoms with van der Waals surface area (Å²) in [6, 6.07) is 5.95. The van der Waals surface area contributed by atoms with Crippen molar-refractivity contribution in [2.75, 3.05) is 65.1 Å². The number of ether oxygens (including phenoxy) is 3. The number of methoxy groups -OCH3 is 2. The molecule has 0 spiro atoms. The van der Waals surface area contributed by atoms with E-state index in [4.69, 9.17) is 14.2 Å². The number of aliphatic hydroxyl groups excluding tert-OH is 1. The fraction of sp³-hybridized carbons (Fsp3) is 0.682. The van der Waals surface area contributed by atoms with Crippen molar-refractivity contribution in [3.63, 3.8) is 0 Å². The summed E-state index contributed by atoms with van der Waals surface area (Å²) in [6.45, 7) is 5.50. The second kappa shape index (κ2) is 11.8. The number of benzene rings is 1. The van der Waals surface area contributed by atoms with E-state index in [1.54, 1.807) is 7.11 Å². The number of esters is 1. The third-order valence-electron chi connectivity index (χ3n) is 5.76. The van der Waals surface area contributed by atoms with Crippen LogP contribution in [-0.4, -0.2) is 92.0 Å². The van der Waals surface area contributed by atoms with Gasteiger partial charge in [-0.3, -0.25) is 14.6 Å². The first-order valence-corrected chi connectivity index (χ1v) is 11.8. The van der Waals surface area contributed by atoms with Crippen LogP contribution in [-0.2, 0) is 16.1 Å². The van der Waals surface area contributed by atoms with Crippen molar-refractivity contribution in [2.24, 2.45) is 5.92 Å². The van der Waals surface area contributed by atoms with Crippen molar-refractivity contribution in [2.45, 2.75) is 25.5 Å². The minimum atomic E-state index is -0.520. The Morgan fingerprint density at radius 1 is 1.13 bits per heavy atom. The molecule has 3 rings (SSSR count). The summed E-state index contributed by atoms with van der Waals surface area (Å²) in [7, 11) is 3.09. The second-order valence-corrected chi connectivity index (χ2v) is 9.16. The third kappa shape index (κ3) is 6.77. The molecule has 0 amide bonds. The first-order valence-electron chi connectivity index (χ1n) is 10.7. The minimum Gasteiger partial charge on any atom is -0.493 e. The Balaban J connectivity index is 1.48. The molecule has 1 atom stereocenters. The molecule has 168 valence electrons. The minimum absolute atomic E-state index is 0.0201. The van der Waals surface area contributed by atoms with E-state index < -0.39 is 6.10 Å². The summed E-state index contributed by atoms with van der Waals surface area (Å²) in [5, 5.41) is 10.3. The zero-order valence-corrected chi connectivity index (χ0v) is 18.9. The molecule has 2 fully saturated rings. The third-order valence-corrected chi connectivity index (χ3v) is 6.70. The molecule has 8 heteroatoms. The highest BCUT2D eigenvalue weighted by Crippen LogP contribution is 2.29. The van der Waals surface area contributed by atoms with E-state index in [9.17, 15) is 9.90 Å². The average molecular weight is 439 g/mol. The monoisotopic (exact) mass is 438 g/mol. The molecular weight excluding hydrogens is 404 g/mol. The van der Waals surface area contributed by atoms with Crippen molar-refractivity contribution in [1.82, 2.24) is 9.80 Å². The van der Waals surface area contributed by atoms with Crippen molar-refractivity contribution in [3.8, 4) is 11.5 Å². The molecule has 2 heterocycles. The summed E-state index contributed by atoms with van der Waals surface area (Å²) in [4.78, 5) is 16.3. The van der Waals surface area contributed by atoms with Crippen LogP contribution in [0.15, 0.2) is 18.2 Å². The van der Waals surface area contributed by atoms with E-state index in [-0.39, 0.29) is 18.5 Å². The molecule has 2 aliphatic rings. The molecule has 30 heavy (non-hydrogen) atoms. The molecule has 2 aliphatic heterocycles. The molecule has 0 radical (unpaired) electrons. The van der Waals surface area contributed by atoms with Gasteiger partial charge in [0.2, 0.25) is 0 Å². The number of β-amino-alcohol motifs (C(OH)–C–C–N with tert-alkyl or cyclic N) is 1. The van der Waals surface area contributed by atoms with Crippen molar-refractivity contribution >= 4 is 17.7 Å². The Labute approximate surface area is 183 Å². The van der Waals surface area contributed by atoms with Gasteiger partial charge in [0.05, 0.1) is 20.1 Å². The Morgan fingerprint density at radius 3 is 2.53 bits per heavy atom. The molecule has 1 aromatic carbocycles. The first-order chi connectivity index (χ1) is 14.6. The van der Waals surface area contributed by atoms with Crippen LogP contribution < -0.4 is 9.47 Å². The number of hydrogen-bond acceptors (Lipinski definition) is 8. The van der Waals surface area contributed by atoms with Gasteiger partial charge in [-0.2, -0.15) is 11.8 Å². The van der Waals surface area contributed by atoms with Crippen LogP contribution in [0.5, 0.6) is 11.5 Å². The molecule has 2 saturated heterocycles. The highest BCUT2D eigenvalue weighted by molar-refractivity contribution is 7.99. The summed E-state index contributed by atoms with van der Waals surface area (Å²) < 4.78 is 16.2. The van der Waals surface area contributed by atoms with E-state index in [1.807, 2.05) is 30.0 Å². The normalized spacial score (nSPS) is 20.0. The van der Waals surface area contributed by atoms with Gasteiger partial charge >= 0.3 is 5.97 Å². The summed E-state index contributed by atoms with van der Waals surface area (Å²) >= 11 is 1.96. The van der Waals surface area contributed by atoms with Crippen LogP contribution in [0.1, 0.15) is 18.4 Å². The topological polar surface area (TPSA) is 71.5 Å². The zero-order valence-electron chi connectivity index (χ0n) is 18.0. The predicted molar refractivity (Wildman–Crippen MR) is 118 cm³/mol. The maximum atomic E-state index is 11.7. The molecule has 0 bridgehead atoms. The van der Waals surface area contributed by atoms with Crippen LogP contribution in [0.4, 0.5) is 0 Å². The van der Waals surface area contributed by atoms with Gasteiger partial charge in [-0.1, -0.05) is 6.07 Å². The van der Waals surface area contributed by atoms with Gasteiger partial charge in [-0.05, 0) is 43.6 Å². The lowest BCUT2D eigenvalue weighted by atomic mass is 9.96. The summed E-state index contributed by atoms with van der Waals surface area (Å²) in [5.74, 6) is 3.51. The Bertz CT molecular complexity index is 675. The van der Waals surface area contributed by atoms with E-state index in [0.717, 1.165) is 62.6 Å². The predicted octanol–water partition coefficient (Wildman–Crippen LogP) is 1.87. The zero-order chi connectivity index (χ0) is 21.3. The fourth-order valence-corrected chi connectivity index (χ4v) is 4.98. The van der Waals surface area contributed by atoms with E-state index in [0.29, 0.717) is 18.0 Å². The molecule has 0 saturated carbocycles. The van der Waals surface area contributed by atoms with Gasteiger partial charge < -0.3 is 19.3 Å². The number of thioether (sulfide) groups is 1. The number of nitrogens with zero attached hydrogens (tertiary/aromatic N) is 2. The van der Waals surface area contributed by atoms with Crippen molar-refractivity contribution in [1.29, 1.82) is 0 Å². The van der Waals surface area contributed by atoms with E-state index in [2.05, 4.69) is 9.80 Å². The lowest BCUT2D eigenvalue weighted by Crippen LogP contribution is -2.40. The molecule has 7 nitrogen and oxygen atoms in total. The van der Waals surface area contributed by atoms with Crippen LogP contribution in [0.3, 0.4) is 0 Å². The SMILES string of the molecule is COC(=O)C1CCN(Cc2ccc(OCC(O)CN3CCSCC3)c(OC)c2)CC1. The first kappa shape index (κ1) is 23.2. The van der Waals surface area contributed by atoms with Crippen LogP contribution in [0.25, 0.3) is 0 Å². The quantitative estimate of drug-likeness (QED) is 0.586. The van der Waals surface area contributed by atoms with Gasteiger partial charge in [0.15, 0.2) is 11.5 Å². The van der Waals surface area contributed by atoms with Crippen LogP contribution in [0.2, 0.25) is 0 Å². The number of carbonyl (C=O) groups excluding carboxylic acids is 1. The fourth-order valence-electron chi connectivity index (χ4n) is 4.00. The van der Waals surface area contributed by atoms with Gasteiger partial charge in [-0.25, -0.2) is 0 Å². The lowest BCUT2D eigenvalue weighted by molar-refractivity contribution is -0.147. The number of hydrogen-bond donors (Lipinski definition) is 1. The van der Waals surface area contributed by atoms with Gasteiger partial charge in [0, 0.05) is 37.7 Å². The largest absolute Gasteiger partial charge is 0.493 e. The summed E-state index contributed by atoms with van der Waals surface area (Å²) in [6.07, 6.45) is 1.14. The molecule has 1 N–H and O–H groups in total. The molecular formula is C22H34N2O5S. The number of aliphatic hydroxyl groups is 1. The number of carbonyl (C=O) groups is 1. The van der Waals surface area contributed by atoms with Crippen LogP contribution >= 0.6 is 11.8 Å². The summed E-state index contributed by atoms with van der Waals surface area (Å²) in [5.41, 5.74) is 1.14. The molecule has 0 aromatic heterocycles. The van der Waals surface area contributed by atoms with E-state index in [1.165, 1.54) is 7.11 Å². The molecule has 1 aromatic rings. The maximum absolute atomic E-state index is 11.7. The van der Waals surface area contributed by atoms with Gasteiger partial charge in [0.25, 0.3) is 0 Å². The Morgan fingerprint density at radius 2 is 1.87 bits per heavy atom. The Kier molecular flexibility index (Phi) is 9.11. The average Bonchev–Trinajstić information content (AvgIpc) is 2.78. The smallest absolute Gasteiger partial charge is 0.308 e. The number of likely N-dealkylation sites (tertiary alicyclic amines) is 1. The van der Waals surface area contributed by atoms with Crippen molar-refractivity contribution in [3.05, 3.63) is 23.8 Å². The van der Waals surface area contributed by atoms with Crippen LogP contribution in [0, 0.1) is 5.92 Å². The number of piperidine rings is 1. The van der Waals surface area contributed by atoms with Gasteiger partial charge in [-0.15, -0.1) is 0 Å².